The maximum atomic E-state index is 11.5. The molecule has 76 valence electrons. The average Bonchev–Trinajstić information content (AvgIpc) is 2.15. The number of aryl methyl sites for hydroxylation is 1. The summed E-state index contributed by atoms with van der Waals surface area (Å²) in [5, 5.41) is 0. The van der Waals surface area contributed by atoms with Crippen LogP contribution >= 0.6 is 34.8 Å². The lowest BCUT2D eigenvalue weighted by molar-refractivity contribution is 0.0996. The zero-order chi connectivity index (χ0) is 10.8. The second-order valence-electron chi connectivity index (χ2n) is 2.88. The minimum atomic E-state index is -1.87. The van der Waals surface area contributed by atoms with Crippen LogP contribution in [0.3, 0.4) is 0 Å². The number of Topliss-reactive ketones (excluding diaryl/α,β-unsaturated/α-hetero) is 1. The molecule has 0 N–H and O–H groups in total. The Hall–Kier alpha value is -0.240. The Balaban J connectivity index is 3.02. The number of hydrogen-bond donors (Lipinski definition) is 0. The van der Waals surface area contributed by atoms with Crippen molar-refractivity contribution in [3.05, 3.63) is 35.4 Å². The van der Waals surface area contributed by atoms with Gasteiger partial charge in [0.05, 0.1) is 0 Å². The number of ketones is 1. The molecule has 1 nitrogen and oxygen atoms in total. The minimum absolute atomic E-state index is 0.435. The predicted octanol–water partition coefficient (Wildman–Crippen LogP) is 3.80. The summed E-state index contributed by atoms with van der Waals surface area (Å²) in [4.78, 5) is 11.5. The highest BCUT2D eigenvalue weighted by atomic mass is 35.6. The molecule has 14 heavy (non-hydrogen) atoms. The number of rotatable bonds is 2. The van der Waals surface area contributed by atoms with E-state index in [4.69, 9.17) is 34.8 Å². The van der Waals surface area contributed by atoms with E-state index >= 15 is 0 Å². The molecule has 0 amide bonds. The Morgan fingerprint density at radius 1 is 1.36 bits per heavy atom. The first-order chi connectivity index (χ1) is 6.45. The molecule has 0 atom stereocenters. The van der Waals surface area contributed by atoms with Crippen LogP contribution < -0.4 is 0 Å². The van der Waals surface area contributed by atoms with Gasteiger partial charge in [0.1, 0.15) is 0 Å². The number of alkyl halides is 3. The number of carbonyl (C=O) groups excluding carboxylic acids is 1. The van der Waals surface area contributed by atoms with E-state index in [1.165, 1.54) is 0 Å². The number of hydrogen-bond acceptors (Lipinski definition) is 1. The van der Waals surface area contributed by atoms with E-state index < -0.39 is 9.58 Å². The first-order valence-electron chi connectivity index (χ1n) is 4.15. The molecular weight excluding hydrogens is 242 g/mol. The minimum Gasteiger partial charge on any atom is -0.289 e. The van der Waals surface area contributed by atoms with Gasteiger partial charge >= 0.3 is 0 Å². The third kappa shape index (κ3) is 2.88. The molecule has 0 radical (unpaired) electrons. The molecule has 1 rings (SSSR count). The molecule has 0 spiro atoms. The van der Waals surface area contributed by atoms with E-state index in [0.29, 0.717) is 5.56 Å². The van der Waals surface area contributed by atoms with E-state index in [9.17, 15) is 4.79 Å². The monoisotopic (exact) mass is 250 g/mol. The lowest BCUT2D eigenvalue weighted by Crippen LogP contribution is -2.18. The van der Waals surface area contributed by atoms with Gasteiger partial charge in [0, 0.05) is 5.56 Å². The highest BCUT2D eigenvalue weighted by molar-refractivity contribution is 6.77. The van der Waals surface area contributed by atoms with Crippen molar-refractivity contribution in [2.45, 2.75) is 17.1 Å². The highest BCUT2D eigenvalue weighted by Gasteiger charge is 2.31. The van der Waals surface area contributed by atoms with Crippen molar-refractivity contribution in [1.82, 2.24) is 0 Å². The summed E-state index contributed by atoms with van der Waals surface area (Å²) in [6, 6.07) is 7.09. The van der Waals surface area contributed by atoms with Crippen molar-refractivity contribution in [2.24, 2.45) is 0 Å². The summed E-state index contributed by atoms with van der Waals surface area (Å²) in [6.07, 6.45) is 0.848. The molecule has 0 aliphatic carbocycles. The standard InChI is InChI=1S/C10H9Cl3O/c1-2-7-4-3-5-8(6-7)9(14)10(11,12)13/h3-6H,2H2,1H3. The zero-order valence-electron chi connectivity index (χ0n) is 7.56. The van der Waals surface area contributed by atoms with E-state index in [-0.39, 0.29) is 0 Å². The maximum Gasteiger partial charge on any atom is 0.253 e. The van der Waals surface area contributed by atoms with Gasteiger partial charge < -0.3 is 0 Å². The van der Waals surface area contributed by atoms with Gasteiger partial charge in [0.25, 0.3) is 3.79 Å². The zero-order valence-corrected chi connectivity index (χ0v) is 9.83. The topological polar surface area (TPSA) is 17.1 Å². The van der Waals surface area contributed by atoms with Crippen LogP contribution in [0, 0.1) is 0 Å². The van der Waals surface area contributed by atoms with Gasteiger partial charge in [-0.2, -0.15) is 0 Å². The van der Waals surface area contributed by atoms with Crippen LogP contribution in [0.4, 0.5) is 0 Å². The molecule has 0 aliphatic heterocycles. The lowest BCUT2D eigenvalue weighted by Gasteiger charge is -2.09. The number of carbonyl (C=O) groups is 1. The summed E-state index contributed by atoms with van der Waals surface area (Å²) in [5.41, 5.74) is 1.48. The van der Waals surface area contributed by atoms with Crippen molar-refractivity contribution < 1.29 is 4.79 Å². The number of benzene rings is 1. The third-order valence-corrected chi connectivity index (χ3v) is 2.37. The van der Waals surface area contributed by atoms with Crippen LogP contribution in [0.25, 0.3) is 0 Å². The molecule has 1 aromatic rings. The van der Waals surface area contributed by atoms with E-state index in [1.807, 2.05) is 13.0 Å². The third-order valence-electron chi connectivity index (χ3n) is 1.85. The molecule has 0 bridgehead atoms. The summed E-state index contributed by atoms with van der Waals surface area (Å²) in [7, 11) is 0. The second kappa shape index (κ2) is 4.52. The van der Waals surface area contributed by atoms with Gasteiger partial charge in [-0.15, -0.1) is 0 Å². The maximum absolute atomic E-state index is 11.5. The van der Waals surface area contributed by atoms with Crippen LogP contribution in [0.2, 0.25) is 0 Å². The molecule has 0 unspecified atom stereocenters. The summed E-state index contributed by atoms with van der Waals surface area (Å²) in [6.45, 7) is 2.00. The molecule has 1 aromatic carbocycles. The van der Waals surface area contributed by atoms with Gasteiger partial charge in [-0.1, -0.05) is 59.9 Å². The van der Waals surface area contributed by atoms with Crippen molar-refractivity contribution in [2.75, 3.05) is 0 Å². The lowest BCUT2D eigenvalue weighted by atomic mass is 10.1. The molecule has 0 heterocycles. The molecule has 0 aromatic heterocycles. The van der Waals surface area contributed by atoms with Crippen LogP contribution in [-0.4, -0.2) is 9.58 Å². The van der Waals surface area contributed by atoms with Crippen molar-refractivity contribution >= 4 is 40.6 Å². The Kier molecular flexibility index (Phi) is 3.82. The Morgan fingerprint density at radius 2 is 2.00 bits per heavy atom. The normalized spacial score (nSPS) is 11.4. The molecule has 0 saturated heterocycles. The molecule has 0 aliphatic rings. The Morgan fingerprint density at radius 3 is 2.50 bits per heavy atom. The fraction of sp³-hybridized carbons (Fsp3) is 0.300. The first-order valence-corrected chi connectivity index (χ1v) is 5.29. The number of halogens is 3. The van der Waals surface area contributed by atoms with Gasteiger partial charge in [0.2, 0.25) is 5.78 Å². The van der Waals surface area contributed by atoms with Gasteiger partial charge in [-0.05, 0) is 18.1 Å². The molecule has 4 heteroatoms. The summed E-state index contributed by atoms with van der Waals surface area (Å²) < 4.78 is -1.87. The van der Waals surface area contributed by atoms with E-state index in [0.717, 1.165) is 12.0 Å². The smallest absolute Gasteiger partial charge is 0.253 e. The SMILES string of the molecule is CCc1cccc(C(=O)C(Cl)(Cl)Cl)c1. The van der Waals surface area contributed by atoms with Crippen LogP contribution in [0.5, 0.6) is 0 Å². The quantitative estimate of drug-likeness (QED) is 0.577. The fourth-order valence-corrected chi connectivity index (χ4v) is 1.42. The largest absolute Gasteiger partial charge is 0.289 e. The van der Waals surface area contributed by atoms with Crippen molar-refractivity contribution in [3.63, 3.8) is 0 Å². The van der Waals surface area contributed by atoms with Crippen LogP contribution in [0.15, 0.2) is 24.3 Å². The van der Waals surface area contributed by atoms with Crippen molar-refractivity contribution in [1.29, 1.82) is 0 Å². The molecule has 0 saturated carbocycles. The van der Waals surface area contributed by atoms with Crippen molar-refractivity contribution in [3.8, 4) is 0 Å². The van der Waals surface area contributed by atoms with E-state index in [2.05, 4.69) is 0 Å². The highest BCUT2D eigenvalue weighted by Crippen LogP contribution is 2.30. The summed E-state index contributed by atoms with van der Waals surface area (Å²) in [5.74, 6) is -0.488. The van der Waals surface area contributed by atoms with E-state index in [1.54, 1.807) is 18.2 Å². The first kappa shape index (κ1) is 11.8. The van der Waals surface area contributed by atoms with Crippen LogP contribution in [-0.2, 0) is 6.42 Å². The molecular formula is C10H9Cl3O. The van der Waals surface area contributed by atoms with Gasteiger partial charge in [-0.25, -0.2) is 0 Å². The predicted molar refractivity (Wildman–Crippen MR) is 60.4 cm³/mol. The average molecular weight is 252 g/mol. The van der Waals surface area contributed by atoms with Gasteiger partial charge in [0.15, 0.2) is 0 Å². The van der Waals surface area contributed by atoms with Gasteiger partial charge in [-0.3, -0.25) is 4.79 Å². The molecule has 0 fully saturated rings. The Labute approximate surface area is 98.0 Å². The Bertz CT molecular complexity index is 341. The van der Waals surface area contributed by atoms with Crippen LogP contribution in [0.1, 0.15) is 22.8 Å². The fourth-order valence-electron chi connectivity index (χ4n) is 1.10. The second-order valence-corrected chi connectivity index (χ2v) is 5.16. The summed E-state index contributed by atoms with van der Waals surface area (Å²) >= 11 is 16.5.